The van der Waals surface area contributed by atoms with Gasteiger partial charge in [-0.15, -0.1) is 0 Å². The Kier molecular flexibility index (Phi) is 3.64. The molecule has 1 aromatic heterocycles. The minimum Gasteiger partial charge on any atom is -0.330 e. The highest BCUT2D eigenvalue weighted by Gasteiger charge is 2.01. The molecule has 0 aliphatic carbocycles. The van der Waals surface area contributed by atoms with Crippen molar-refractivity contribution in [2.24, 2.45) is 5.73 Å². The Morgan fingerprint density at radius 3 is 2.88 bits per heavy atom. The van der Waals surface area contributed by atoms with Gasteiger partial charge in [-0.2, -0.15) is 0 Å². The topological polar surface area (TPSA) is 51.8 Å². The second-order valence-electron chi connectivity index (χ2n) is 3.41. The maximum atomic E-state index is 5.49. The summed E-state index contributed by atoms with van der Waals surface area (Å²) in [7, 11) is 0. The molecule has 0 unspecified atom stereocenters. The summed E-state index contributed by atoms with van der Waals surface area (Å²) in [6, 6.07) is 9.95. The molecule has 0 atom stereocenters. The summed E-state index contributed by atoms with van der Waals surface area (Å²) in [5.41, 5.74) is 7.49. The molecule has 0 spiro atoms. The first-order chi connectivity index (χ1) is 7.79. The number of nitrogens with two attached hydrogens (primary N) is 1. The van der Waals surface area contributed by atoms with E-state index in [1.165, 1.54) is 0 Å². The summed E-state index contributed by atoms with van der Waals surface area (Å²) in [5.74, 6) is 0.792. The van der Waals surface area contributed by atoms with E-state index in [4.69, 9.17) is 5.73 Å². The zero-order valence-electron chi connectivity index (χ0n) is 8.73. The molecule has 1 heterocycles. The molecule has 0 aliphatic heterocycles. The van der Waals surface area contributed by atoms with Crippen molar-refractivity contribution in [3.8, 4) is 11.3 Å². The lowest BCUT2D eigenvalue weighted by Gasteiger charge is -2.03. The van der Waals surface area contributed by atoms with Crippen molar-refractivity contribution in [2.75, 3.05) is 6.54 Å². The van der Waals surface area contributed by atoms with Gasteiger partial charge in [0.25, 0.3) is 0 Å². The van der Waals surface area contributed by atoms with Crippen LogP contribution < -0.4 is 5.73 Å². The van der Waals surface area contributed by atoms with Crippen molar-refractivity contribution >= 4 is 15.9 Å². The van der Waals surface area contributed by atoms with Gasteiger partial charge in [-0.3, -0.25) is 0 Å². The molecular formula is C12H12BrN3. The van der Waals surface area contributed by atoms with Crippen LogP contribution in [-0.4, -0.2) is 16.5 Å². The van der Waals surface area contributed by atoms with Crippen LogP contribution in [0.2, 0.25) is 0 Å². The zero-order valence-corrected chi connectivity index (χ0v) is 10.3. The van der Waals surface area contributed by atoms with Crippen LogP contribution in [0, 0.1) is 0 Å². The highest BCUT2D eigenvalue weighted by atomic mass is 79.9. The van der Waals surface area contributed by atoms with Crippen molar-refractivity contribution in [3.63, 3.8) is 0 Å². The van der Waals surface area contributed by atoms with Crippen LogP contribution in [0.15, 0.2) is 41.0 Å². The van der Waals surface area contributed by atoms with Gasteiger partial charge in [0.15, 0.2) is 0 Å². The third-order valence-electron chi connectivity index (χ3n) is 2.19. The largest absolute Gasteiger partial charge is 0.330 e. The first kappa shape index (κ1) is 11.2. The van der Waals surface area contributed by atoms with Gasteiger partial charge in [-0.1, -0.05) is 28.1 Å². The van der Waals surface area contributed by atoms with E-state index < -0.39 is 0 Å². The number of aromatic nitrogens is 2. The molecule has 0 fully saturated rings. The molecule has 0 bridgehead atoms. The molecule has 82 valence electrons. The molecule has 2 aromatic rings. The SMILES string of the molecule is NCCc1nccc(-c2cccc(Br)c2)n1. The Labute approximate surface area is 103 Å². The van der Waals surface area contributed by atoms with Crippen LogP contribution >= 0.6 is 15.9 Å². The van der Waals surface area contributed by atoms with E-state index in [-0.39, 0.29) is 0 Å². The molecular weight excluding hydrogens is 266 g/mol. The Morgan fingerprint density at radius 1 is 1.25 bits per heavy atom. The Bertz CT molecular complexity index is 485. The van der Waals surface area contributed by atoms with Crippen LogP contribution in [0.5, 0.6) is 0 Å². The van der Waals surface area contributed by atoms with Crippen molar-refractivity contribution in [1.82, 2.24) is 9.97 Å². The van der Waals surface area contributed by atoms with Gasteiger partial charge in [-0.05, 0) is 24.7 Å². The first-order valence-electron chi connectivity index (χ1n) is 5.07. The van der Waals surface area contributed by atoms with Gasteiger partial charge in [0, 0.05) is 22.7 Å². The van der Waals surface area contributed by atoms with E-state index in [9.17, 15) is 0 Å². The lowest BCUT2D eigenvalue weighted by Crippen LogP contribution is -2.06. The number of hydrogen-bond donors (Lipinski definition) is 1. The van der Waals surface area contributed by atoms with Gasteiger partial charge in [0.1, 0.15) is 5.82 Å². The number of nitrogens with zero attached hydrogens (tertiary/aromatic N) is 2. The lowest BCUT2D eigenvalue weighted by atomic mass is 10.1. The summed E-state index contributed by atoms with van der Waals surface area (Å²) in [4.78, 5) is 8.64. The van der Waals surface area contributed by atoms with E-state index in [2.05, 4.69) is 25.9 Å². The molecule has 0 saturated heterocycles. The van der Waals surface area contributed by atoms with Gasteiger partial charge >= 0.3 is 0 Å². The van der Waals surface area contributed by atoms with Crippen molar-refractivity contribution in [1.29, 1.82) is 0 Å². The van der Waals surface area contributed by atoms with E-state index >= 15 is 0 Å². The van der Waals surface area contributed by atoms with E-state index in [0.717, 1.165) is 21.6 Å². The molecule has 0 amide bonds. The van der Waals surface area contributed by atoms with Crippen LogP contribution in [0.3, 0.4) is 0 Å². The van der Waals surface area contributed by atoms with Gasteiger partial charge in [-0.25, -0.2) is 9.97 Å². The fourth-order valence-corrected chi connectivity index (χ4v) is 1.86. The average molecular weight is 278 g/mol. The standard InChI is InChI=1S/C12H12BrN3/c13-10-3-1-2-9(8-10)11-5-7-15-12(16-11)4-6-14/h1-3,5,7-8H,4,6,14H2. The minimum atomic E-state index is 0.571. The normalized spacial score (nSPS) is 10.4. The number of rotatable bonds is 3. The molecule has 4 heteroatoms. The molecule has 2 N–H and O–H groups in total. The third kappa shape index (κ3) is 2.65. The monoisotopic (exact) mass is 277 g/mol. The van der Waals surface area contributed by atoms with Crippen LogP contribution in [-0.2, 0) is 6.42 Å². The molecule has 2 rings (SSSR count). The second-order valence-corrected chi connectivity index (χ2v) is 4.32. The highest BCUT2D eigenvalue weighted by molar-refractivity contribution is 9.10. The van der Waals surface area contributed by atoms with E-state index in [1.807, 2.05) is 30.3 Å². The molecule has 16 heavy (non-hydrogen) atoms. The molecule has 0 radical (unpaired) electrons. The van der Waals surface area contributed by atoms with Gasteiger partial charge in [0.05, 0.1) is 5.69 Å². The number of halogens is 1. The smallest absolute Gasteiger partial charge is 0.130 e. The van der Waals surface area contributed by atoms with Crippen LogP contribution in [0.1, 0.15) is 5.82 Å². The second kappa shape index (κ2) is 5.18. The summed E-state index contributed by atoms with van der Waals surface area (Å²) < 4.78 is 1.05. The number of hydrogen-bond acceptors (Lipinski definition) is 3. The Balaban J connectivity index is 2.36. The summed E-state index contributed by atoms with van der Waals surface area (Å²) in [6.07, 6.45) is 2.48. The molecule has 1 aromatic carbocycles. The average Bonchev–Trinajstić information content (AvgIpc) is 2.30. The van der Waals surface area contributed by atoms with Crippen molar-refractivity contribution in [3.05, 3.63) is 46.8 Å². The maximum Gasteiger partial charge on any atom is 0.130 e. The molecule has 3 nitrogen and oxygen atoms in total. The Hall–Kier alpha value is -1.26. The summed E-state index contributed by atoms with van der Waals surface area (Å²) in [6.45, 7) is 0.571. The fraction of sp³-hybridized carbons (Fsp3) is 0.167. The Morgan fingerprint density at radius 2 is 2.12 bits per heavy atom. The maximum absolute atomic E-state index is 5.49. The van der Waals surface area contributed by atoms with Crippen molar-refractivity contribution in [2.45, 2.75) is 6.42 Å². The minimum absolute atomic E-state index is 0.571. The van der Waals surface area contributed by atoms with Crippen LogP contribution in [0.25, 0.3) is 11.3 Å². The third-order valence-corrected chi connectivity index (χ3v) is 2.69. The van der Waals surface area contributed by atoms with Gasteiger partial charge in [0.2, 0.25) is 0 Å². The zero-order chi connectivity index (χ0) is 11.4. The molecule has 0 saturated carbocycles. The van der Waals surface area contributed by atoms with E-state index in [0.29, 0.717) is 13.0 Å². The first-order valence-corrected chi connectivity index (χ1v) is 5.87. The predicted molar refractivity (Wildman–Crippen MR) is 67.9 cm³/mol. The highest BCUT2D eigenvalue weighted by Crippen LogP contribution is 2.20. The predicted octanol–water partition coefficient (Wildman–Crippen LogP) is 2.41. The number of benzene rings is 1. The summed E-state index contributed by atoms with van der Waals surface area (Å²) in [5, 5.41) is 0. The van der Waals surface area contributed by atoms with E-state index in [1.54, 1.807) is 6.20 Å². The van der Waals surface area contributed by atoms with Gasteiger partial charge < -0.3 is 5.73 Å². The fourth-order valence-electron chi connectivity index (χ4n) is 1.46. The van der Waals surface area contributed by atoms with Crippen LogP contribution in [0.4, 0.5) is 0 Å². The lowest BCUT2D eigenvalue weighted by molar-refractivity contribution is 0.869. The summed E-state index contributed by atoms with van der Waals surface area (Å²) >= 11 is 3.45. The molecule has 0 aliphatic rings. The van der Waals surface area contributed by atoms with Crippen molar-refractivity contribution < 1.29 is 0 Å². The quantitative estimate of drug-likeness (QED) is 0.938.